The molecule has 0 bridgehead atoms. The highest BCUT2D eigenvalue weighted by molar-refractivity contribution is 6.32. The second-order valence-corrected chi connectivity index (χ2v) is 5.03. The van der Waals surface area contributed by atoms with Crippen LogP contribution in [0.25, 0.3) is 0 Å². The molecule has 0 aromatic heterocycles. The number of hydrogen-bond acceptors (Lipinski definition) is 2. The van der Waals surface area contributed by atoms with E-state index in [0.717, 1.165) is 27.6 Å². The summed E-state index contributed by atoms with van der Waals surface area (Å²) in [4.78, 5) is 0. The smallest absolute Gasteiger partial charge is 0.125 e. The Morgan fingerprint density at radius 3 is 2.50 bits per heavy atom. The minimum Gasteiger partial charge on any atom is -0.492 e. The molecule has 1 N–H and O–H groups in total. The Hall–Kier alpha value is -1.74. The molecule has 0 fully saturated rings. The molecule has 0 amide bonds. The Morgan fingerprint density at radius 1 is 1.15 bits per heavy atom. The second-order valence-electron chi connectivity index (χ2n) is 4.66. The average Bonchev–Trinajstić information content (AvgIpc) is 2.41. The van der Waals surface area contributed by atoms with Crippen LogP contribution in [-0.4, -0.2) is 13.2 Å². The van der Waals surface area contributed by atoms with Gasteiger partial charge in [-0.2, -0.15) is 0 Å². The predicted octanol–water partition coefficient (Wildman–Crippen LogP) is 4.59. The average molecular weight is 294 g/mol. The van der Waals surface area contributed by atoms with Gasteiger partial charge in [0.15, 0.2) is 0 Å². The van der Waals surface area contributed by atoms with Crippen LogP contribution in [-0.2, 0) is 0 Å². The van der Waals surface area contributed by atoms with E-state index in [-0.39, 0.29) is 5.82 Å². The van der Waals surface area contributed by atoms with Crippen LogP contribution in [0.1, 0.15) is 11.1 Å². The third-order valence-electron chi connectivity index (χ3n) is 2.93. The molecule has 0 aliphatic heterocycles. The monoisotopic (exact) mass is 293 g/mol. The Kier molecular flexibility index (Phi) is 4.85. The fourth-order valence-corrected chi connectivity index (χ4v) is 2.06. The van der Waals surface area contributed by atoms with E-state index in [4.69, 9.17) is 16.3 Å². The molecule has 0 heterocycles. The number of nitrogens with one attached hydrogen (secondary N) is 1. The standard InChI is InChI=1S/C16H17ClFNO/c1-11-8-15(9-12(2)16(11)17)20-7-6-19-14-5-3-4-13(18)10-14/h3-5,8-10,19H,6-7H2,1-2H3. The highest BCUT2D eigenvalue weighted by Gasteiger charge is 2.03. The minimum absolute atomic E-state index is 0.250. The van der Waals surface area contributed by atoms with E-state index in [1.165, 1.54) is 12.1 Å². The van der Waals surface area contributed by atoms with Gasteiger partial charge in [0.05, 0.1) is 0 Å². The van der Waals surface area contributed by atoms with E-state index in [1.807, 2.05) is 32.0 Å². The van der Waals surface area contributed by atoms with Gasteiger partial charge in [0.2, 0.25) is 0 Å². The van der Waals surface area contributed by atoms with Crippen molar-refractivity contribution in [3.8, 4) is 5.75 Å². The molecule has 2 aromatic rings. The van der Waals surface area contributed by atoms with Crippen LogP contribution in [0.2, 0.25) is 5.02 Å². The maximum Gasteiger partial charge on any atom is 0.125 e. The number of benzene rings is 2. The molecule has 0 spiro atoms. The Morgan fingerprint density at radius 2 is 1.85 bits per heavy atom. The number of ether oxygens (including phenoxy) is 1. The van der Waals surface area contributed by atoms with Crippen molar-refractivity contribution in [2.45, 2.75) is 13.8 Å². The maximum atomic E-state index is 13.0. The number of aryl methyl sites for hydroxylation is 2. The van der Waals surface area contributed by atoms with Crippen LogP contribution < -0.4 is 10.1 Å². The van der Waals surface area contributed by atoms with Gasteiger partial charge in [0.25, 0.3) is 0 Å². The second kappa shape index (κ2) is 6.62. The van der Waals surface area contributed by atoms with E-state index in [1.54, 1.807) is 6.07 Å². The van der Waals surface area contributed by atoms with Crippen molar-refractivity contribution in [2.75, 3.05) is 18.5 Å². The van der Waals surface area contributed by atoms with Gasteiger partial charge in [-0.15, -0.1) is 0 Å². The first kappa shape index (κ1) is 14.7. The fourth-order valence-electron chi connectivity index (χ4n) is 1.95. The van der Waals surface area contributed by atoms with Gasteiger partial charge in [0, 0.05) is 17.3 Å². The molecule has 0 unspecified atom stereocenters. The van der Waals surface area contributed by atoms with Gasteiger partial charge in [-0.25, -0.2) is 4.39 Å². The molecule has 0 saturated carbocycles. The van der Waals surface area contributed by atoms with E-state index in [2.05, 4.69) is 5.32 Å². The molecule has 0 saturated heterocycles. The Balaban J connectivity index is 1.84. The van der Waals surface area contributed by atoms with Crippen molar-refractivity contribution in [3.63, 3.8) is 0 Å². The van der Waals surface area contributed by atoms with Gasteiger partial charge in [-0.3, -0.25) is 0 Å². The van der Waals surface area contributed by atoms with Gasteiger partial charge < -0.3 is 10.1 Å². The first-order chi connectivity index (χ1) is 9.56. The number of rotatable bonds is 5. The Bertz CT molecular complexity index is 578. The molecule has 0 aliphatic rings. The molecule has 0 radical (unpaired) electrons. The number of anilines is 1. The molecule has 106 valence electrons. The Labute approximate surface area is 123 Å². The zero-order chi connectivity index (χ0) is 14.5. The SMILES string of the molecule is Cc1cc(OCCNc2cccc(F)c2)cc(C)c1Cl. The van der Waals surface area contributed by atoms with E-state index in [0.29, 0.717) is 13.2 Å². The third-order valence-corrected chi connectivity index (χ3v) is 3.53. The van der Waals surface area contributed by atoms with Crippen LogP contribution in [0.4, 0.5) is 10.1 Å². The van der Waals surface area contributed by atoms with Crippen molar-refractivity contribution < 1.29 is 9.13 Å². The highest BCUT2D eigenvalue weighted by atomic mass is 35.5. The number of hydrogen-bond donors (Lipinski definition) is 1. The van der Waals surface area contributed by atoms with E-state index < -0.39 is 0 Å². The molecule has 2 aromatic carbocycles. The molecule has 2 rings (SSSR count). The maximum absolute atomic E-state index is 13.0. The number of halogens is 2. The van der Waals surface area contributed by atoms with Crippen molar-refractivity contribution in [1.29, 1.82) is 0 Å². The fraction of sp³-hybridized carbons (Fsp3) is 0.250. The summed E-state index contributed by atoms with van der Waals surface area (Å²) < 4.78 is 18.6. The summed E-state index contributed by atoms with van der Waals surface area (Å²) in [6, 6.07) is 10.2. The van der Waals surface area contributed by atoms with Crippen molar-refractivity contribution in [3.05, 3.63) is 58.4 Å². The third kappa shape index (κ3) is 3.87. The van der Waals surface area contributed by atoms with E-state index in [9.17, 15) is 4.39 Å². The topological polar surface area (TPSA) is 21.3 Å². The lowest BCUT2D eigenvalue weighted by Gasteiger charge is -2.11. The van der Waals surface area contributed by atoms with Crippen LogP contribution in [0.15, 0.2) is 36.4 Å². The van der Waals surface area contributed by atoms with Crippen LogP contribution in [0.5, 0.6) is 5.75 Å². The highest BCUT2D eigenvalue weighted by Crippen LogP contribution is 2.25. The first-order valence-corrected chi connectivity index (χ1v) is 6.83. The molecule has 0 aliphatic carbocycles. The summed E-state index contributed by atoms with van der Waals surface area (Å²) in [5.41, 5.74) is 2.75. The zero-order valence-electron chi connectivity index (χ0n) is 11.5. The van der Waals surface area contributed by atoms with Crippen LogP contribution in [0.3, 0.4) is 0 Å². The summed E-state index contributed by atoms with van der Waals surface area (Å²) >= 11 is 6.10. The van der Waals surface area contributed by atoms with Gasteiger partial charge in [-0.1, -0.05) is 17.7 Å². The lowest BCUT2D eigenvalue weighted by atomic mass is 10.1. The zero-order valence-corrected chi connectivity index (χ0v) is 12.3. The lowest BCUT2D eigenvalue weighted by Crippen LogP contribution is -2.11. The van der Waals surface area contributed by atoms with Gasteiger partial charge >= 0.3 is 0 Å². The summed E-state index contributed by atoms with van der Waals surface area (Å²) in [5.74, 6) is 0.547. The largest absolute Gasteiger partial charge is 0.492 e. The molecule has 4 heteroatoms. The van der Waals surface area contributed by atoms with Crippen molar-refractivity contribution in [1.82, 2.24) is 0 Å². The quantitative estimate of drug-likeness (QED) is 0.814. The van der Waals surface area contributed by atoms with Gasteiger partial charge in [0.1, 0.15) is 18.2 Å². The first-order valence-electron chi connectivity index (χ1n) is 6.45. The molecular formula is C16H17ClFNO. The van der Waals surface area contributed by atoms with Crippen LogP contribution in [0, 0.1) is 19.7 Å². The summed E-state index contributed by atoms with van der Waals surface area (Å²) in [7, 11) is 0. The molecule has 0 atom stereocenters. The van der Waals surface area contributed by atoms with Gasteiger partial charge in [-0.05, 0) is 55.3 Å². The predicted molar refractivity (Wildman–Crippen MR) is 81.3 cm³/mol. The van der Waals surface area contributed by atoms with Crippen molar-refractivity contribution >= 4 is 17.3 Å². The van der Waals surface area contributed by atoms with E-state index >= 15 is 0 Å². The summed E-state index contributed by atoms with van der Waals surface area (Å²) in [6.45, 7) is 5.00. The lowest BCUT2D eigenvalue weighted by molar-refractivity contribution is 0.332. The molecule has 20 heavy (non-hydrogen) atoms. The summed E-state index contributed by atoms with van der Waals surface area (Å²) in [5, 5.41) is 3.88. The minimum atomic E-state index is -0.250. The summed E-state index contributed by atoms with van der Waals surface area (Å²) in [6.07, 6.45) is 0. The normalized spacial score (nSPS) is 10.4. The molecular weight excluding hydrogens is 277 g/mol. The molecule has 2 nitrogen and oxygen atoms in total. The van der Waals surface area contributed by atoms with Crippen molar-refractivity contribution in [2.24, 2.45) is 0 Å². The van der Waals surface area contributed by atoms with Crippen LogP contribution >= 0.6 is 11.6 Å².